The zero-order chi connectivity index (χ0) is 20.4. The molecule has 1 amide bonds. The van der Waals surface area contributed by atoms with Crippen molar-refractivity contribution in [2.75, 3.05) is 46.4 Å². The first-order valence-corrected chi connectivity index (χ1v) is 10.1. The lowest BCUT2D eigenvalue weighted by molar-refractivity contribution is 0.0625. The minimum Gasteiger partial charge on any atom is -0.381 e. The highest BCUT2D eigenvalue weighted by Gasteiger charge is 2.15. The van der Waals surface area contributed by atoms with Gasteiger partial charge in [-0.1, -0.05) is 6.07 Å². The molecule has 0 radical (unpaired) electrons. The van der Waals surface area contributed by atoms with Crippen molar-refractivity contribution in [3.05, 3.63) is 35.1 Å². The first-order valence-electron chi connectivity index (χ1n) is 10.1. The van der Waals surface area contributed by atoms with Crippen LogP contribution in [0.1, 0.15) is 42.1 Å². The van der Waals surface area contributed by atoms with E-state index in [0.717, 1.165) is 51.5 Å². The molecule has 0 aliphatic carbocycles. The molecule has 1 aromatic carbocycles. The van der Waals surface area contributed by atoms with Crippen LogP contribution < -0.4 is 10.6 Å². The average Bonchev–Trinajstić information content (AvgIpc) is 2.71. The molecule has 0 unspecified atom stereocenters. The second-order valence-electron chi connectivity index (χ2n) is 7.22. The summed E-state index contributed by atoms with van der Waals surface area (Å²) in [5.41, 5.74) is 0.854. The van der Waals surface area contributed by atoms with Gasteiger partial charge in [0.2, 0.25) is 0 Å². The topological polar surface area (TPSA) is 66.0 Å². The smallest absolute Gasteiger partial charge is 0.251 e. The minimum absolute atomic E-state index is 0. The Kier molecular flexibility index (Phi) is 12.1. The van der Waals surface area contributed by atoms with E-state index in [1.54, 1.807) is 19.1 Å². The molecule has 2 N–H and O–H groups in total. The van der Waals surface area contributed by atoms with Crippen LogP contribution in [0.3, 0.4) is 0 Å². The Morgan fingerprint density at radius 2 is 2.03 bits per heavy atom. The molecule has 0 spiro atoms. The van der Waals surface area contributed by atoms with Crippen molar-refractivity contribution in [3.8, 4) is 0 Å². The lowest BCUT2D eigenvalue weighted by Crippen LogP contribution is -2.40. The molecule has 0 saturated carbocycles. The third kappa shape index (κ3) is 8.86. The van der Waals surface area contributed by atoms with Crippen LogP contribution in [0.5, 0.6) is 0 Å². The molecule has 6 nitrogen and oxygen atoms in total. The number of rotatable bonds is 8. The van der Waals surface area contributed by atoms with Gasteiger partial charge in [0.15, 0.2) is 5.96 Å². The molecule has 1 saturated heterocycles. The molecule has 8 heteroatoms. The summed E-state index contributed by atoms with van der Waals surface area (Å²) >= 11 is 0. The number of ether oxygens (including phenoxy) is 1. The number of aliphatic imine (C=N–C) groups is 1. The van der Waals surface area contributed by atoms with Crippen molar-refractivity contribution in [2.24, 2.45) is 10.9 Å². The summed E-state index contributed by atoms with van der Waals surface area (Å²) in [6.07, 6.45) is 3.39. The van der Waals surface area contributed by atoms with E-state index in [-0.39, 0.29) is 35.7 Å². The number of hydrogen-bond donors (Lipinski definition) is 2. The van der Waals surface area contributed by atoms with Crippen LogP contribution in [0.15, 0.2) is 23.2 Å². The molecule has 2 rings (SSSR count). The summed E-state index contributed by atoms with van der Waals surface area (Å²) < 4.78 is 19.0. The van der Waals surface area contributed by atoms with Crippen LogP contribution in [0.2, 0.25) is 0 Å². The summed E-state index contributed by atoms with van der Waals surface area (Å²) in [6, 6.07) is 4.51. The van der Waals surface area contributed by atoms with E-state index in [9.17, 15) is 9.18 Å². The Bertz CT molecular complexity index is 666. The quantitative estimate of drug-likeness (QED) is 0.239. The van der Waals surface area contributed by atoms with Crippen LogP contribution in [0.4, 0.5) is 4.39 Å². The molecule has 164 valence electrons. The Labute approximate surface area is 190 Å². The highest BCUT2D eigenvalue weighted by atomic mass is 127. The molecule has 29 heavy (non-hydrogen) atoms. The third-order valence-electron chi connectivity index (χ3n) is 5.00. The molecule has 1 heterocycles. The van der Waals surface area contributed by atoms with Gasteiger partial charge >= 0.3 is 0 Å². The first-order chi connectivity index (χ1) is 13.5. The fourth-order valence-corrected chi connectivity index (χ4v) is 3.15. The lowest BCUT2D eigenvalue weighted by atomic mass is 9.96. The van der Waals surface area contributed by atoms with Crippen molar-refractivity contribution in [3.63, 3.8) is 0 Å². The lowest BCUT2D eigenvalue weighted by Gasteiger charge is -2.26. The molecule has 0 atom stereocenters. The molecule has 1 aliphatic heterocycles. The van der Waals surface area contributed by atoms with Gasteiger partial charge in [-0.2, -0.15) is 0 Å². The molecule has 1 aliphatic rings. The van der Waals surface area contributed by atoms with E-state index in [1.165, 1.54) is 6.07 Å². The van der Waals surface area contributed by atoms with Gasteiger partial charge in [0.25, 0.3) is 5.91 Å². The molecular weight excluding hydrogens is 486 g/mol. The second kappa shape index (κ2) is 13.7. The molecule has 0 aromatic heterocycles. The Morgan fingerprint density at radius 1 is 1.31 bits per heavy atom. The Morgan fingerprint density at radius 3 is 2.69 bits per heavy atom. The summed E-state index contributed by atoms with van der Waals surface area (Å²) in [7, 11) is 2.04. The van der Waals surface area contributed by atoms with Gasteiger partial charge < -0.3 is 20.3 Å². The number of benzene rings is 1. The number of guanidine groups is 1. The highest BCUT2D eigenvalue weighted by molar-refractivity contribution is 14.0. The summed E-state index contributed by atoms with van der Waals surface area (Å²) in [5, 5.41) is 6.09. The second-order valence-corrected chi connectivity index (χ2v) is 7.22. The molecule has 0 bridgehead atoms. The number of amides is 1. The van der Waals surface area contributed by atoms with E-state index in [4.69, 9.17) is 4.74 Å². The number of carbonyl (C=O) groups is 1. The van der Waals surface area contributed by atoms with Gasteiger partial charge in [0.05, 0.1) is 6.54 Å². The first kappa shape index (κ1) is 25.6. The van der Waals surface area contributed by atoms with Gasteiger partial charge in [0.1, 0.15) is 5.82 Å². The Hall–Kier alpha value is -1.42. The van der Waals surface area contributed by atoms with Crippen LogP contribution in [0, 0.1) is 18.7 Å². The van der Waals surface area contributed by atoms with Gasteiger partial charge in [-0.05, 0) is 56.7 Å². The van der Waals surface area contributed by atoms with Gasteiger partial charge in [-0.3, -0.25) is 9.79 Å². The largest absolute Gasteiger partial charge is 0.381 e. The Balaban J connectivity index is 0.00000420. The third-order valence-corrected chi connectivity index (χ3v) is 5.00. The van der Waals surface area contributed by atoms with Crippen LogP contribution in [0.25, 0.3) is 0 Å². The van der Waals surface area contributed by atoms with Crippen molar-refractivity contribution >= 4 is 35.8 Å². The number of nitrogens with one attached hydrogen (secondary N) is 2. The summed E-state index contributed by atoms with van der Waals surface area (Å²) in [6.45, 7) is 8.03. The fourth-order valence-electron chi connectivity index (χ4n) is 3.15. The molecule has 1 aromatic rings. The van der Waals surface area contributed by atoms with Crippen LogP contribution in [-0.2, 0) is 4.74 Å². The van der Waals surface area contributed by atoms with E-state index in [0.29, 0.717) is 30.1 Å². The van der Waals surface area contributed by atoms with Crippen molar-refractivity contribution in [1.29, 1.82) is 0 Å². The SMILES string of the molecule is CCNC(=NCCNC(=O)c1ccc(C)c(F)c1)N(C)CCC1CCOCC1.I. The van der Waals surface area contributed by atoms with E-state index < -0.39 is 0 Å². The zero-order valence-electron chi connectivity index (χ0n) is 17.7. The van der Waals surface area contributed by atoms with E-state index in [2.05, 4.69) is 20.5 Å². The zero-order valence-corrected chi connectivity index (χ0v) is 20.0. The minimum atomic E-state index is -0.369. The average molecular weight is 520 g/mol. The van der Waals surface area contributed by atoms with Gasteiger partial charge in [-0.15, -0.1) is 24.0 Å². The number of aryl methyl sites for hydroxylation is 1. The predicted octanol–water partition coefficient (Wildman–Crippen LogP) is 3.20. The maximum absolute atomic E-state index is 13.6. The van der Waals surface area contributed by atoms with Crippen molar-refractivity contribution in [1.82, 2.24) is 15.5 Å². The highest BCUT2D eigenvalue weighted by Crippen LogP contribution is 2.18. The number of hydrogen-bond acceptors (Lipinski definition) is 3. The maximum Gasteiger partial charge on any atom is 0.251 e. The normalized spacial score (nSPS) is 14.8. The molecular formula is C21H34FIN4O2. The van der Waals surface area contributed by atoms with Crippen molar-refractivity contribution in [2.45, 2.75) is 33.1 Å². The number of nitrogens with zero attached hydrogens (tertiary/aromatic N) is 2. The van der Waals surface area contributed by atoms with Crippen LogP contribution in [-0.4, -0.2) is 63.2 Å². The van der Waals surface area contributed by atoms with Crippen molar-refractivity contribution < 1.29 is 13.9 Å². The van der Waals surface area contributed by atoms with E-state index >= 15 is 0 Å². The predicted molar refractivity (Wildman–Crippen MR) is 126 cm³/mol. The van der Waals surface area contributed by atoms with Gasteiger partial charge in [-0.25, -0.2) is 4.39 Å². The summed E-state index contributed by atoms with van der Waals surface area (Å²) in [4.78, 5) is 18.9. The fraction of sp³-hybridized carbons (Fsp3) is 0.619. The monoisotopic (exact) mass is 520 g/mol. The van der Waals surface area contributed by atoms with Gasteiger partial charge in [0, 0.05) is 45.5 Å². The van der Waals surface area contributed by atoms with Crippen LogP contribution >= 0.6 is 24.0 Å². The number of halogens is 2. The number of carbonyl (C=O) groups excluding carboxylic acids is 1. The maximum atomic E-state index is 13.6. The summed E-state index contributed by atoms with van der Waals surface area (Å²) in [5.74, 6) is 0.900. The standard InChI is InChI=1S/C21H33FN4O2.HI/c1-4-23-21(26(3)12-7-17-8-13-28-14-9-17)25-11-10-24-20(27)18-6-5-16(2)19(22)15-18;/h5-6,15,17H,4,7-14H2,1-3H3,(H,23,25)(H,24,27);1H. The van der Waals surface area contributed by atoms with E-state index in [1.807, 2.05) is 14.0 Å². The molecule has 1 fully saturated rings.